The molecule has 674 valence electrons. The van der Waals surface area contributed by atoms with Crippen molar-refractivity contribution >= 4 is 32.3 Å². The number of hydrogen-bond acceptors (Lipinski definition) is 0. The summed E-state index contributed by atoms with van der Waals surface area (Å²) in [6, 6.07) is -15.8. The number of alkyl halides is 68. The second-order valence-electron chi connectivity index (χ2n) is 23.1. The molecule has 0 spiro atoms. The maximum absolute atomic E-state index is 16.6. The smallest absolute Gasteiger partial charge is 0.194 e. The van der Waals surface area contributed by atoms with Crippen molar-refractivity contribution in [2.45, 2.75) is 191 Å². The molecule has 0 aromatic heterocycles. The van der Waals surface area contributed by atoms with Gasteiger partial charge in [0.05, 0.1) is 0 Å². The van der Waals surface area contributed by atoms with Crippen LogP contribution in [0.2, 0.25) is 0 Å². The van der Waals surface area contributed by atoms with E-state index in [1.54, 1.807) is 0 Å². The van der Waals surface area contributed by atoms with E-state index >= 15 is 105 Å². The quantitative estimate of drug-likeness (QED) is 0.0393. The van der Waals surface area contributed by atoms with Crippen molar-refractivity contribution in [1.29, 1.82) is 0 Å². The Kier molecular flexibility index (Phi) is 22.2. The van der Waals surface area contributed by atoms with Crippen molar-refractivity contribution in [3.05, 3.63) is 58.7 Å². The average Bonchev–Trinajstić information content (AvgIpc) is 0.677. The zero-order valence-electron chi connectivity index (χ0n) is 50.2. The highest BCUT2D eigenvalue weighted by molar-refractivity contribution is 6.26. The molecule has 0 heterocycles. The molecule has 0 nitrogen and oxygen atoms in total. The Labute approximate surface area is 580 Å². The third-order valence-electron chi connectivity index (χ3n) is 16.1. The molecule has 0 saturated carbocycles. The molecule has 0 saturated heterocycles. The van der Waals surface area contributed by atoms with Crippen molar-refractivity contribution < 1.29 is 299 Å². The largest absolute Gasteiger partial charge is 0.460 e. The van der Waals surface area contributed by atoms with E-state index in [0.717, 1.165) is 0 Å². The van der Waals surface area contributed by atoms with Gasteiger partial charge >= 0.3 is 191 Å². The van der Waals surface area contributed by atoms with Gasteiger partial charge in [-0.25, -0.2) is 0 Å². The number of hydrogen-bond donors (Lipinski definition) is 0. The molecule has 0 atom stereocenters. The topological polar surface area (TPSA) is 0 Å². The standard InChI is InChI=1S/C48H6F68/c49-17(50,21(57,58)25(65,66)29(73,74)33(81,82)37(89,90)41(97,98)45(105,106)107)11-5-13(19(53,54)23(61,62)27(69,70)31(77,78)35(85,86)39(93,94)43(101,102)47(111,112)113)9-3-4-10-14(20(55,56)24(63,64)28(71,72)32(79,80)36(87,88)40(95,96)44(103,104)48(114,115)116)6-12(8-2-1-7(11)15(9)16(8)10)18(51,52)22(59,60)26(67,68)30(75,76)34(83,84)38(91,92)42(99,100)46(108,109)110/h1-6H. The number of halogens is 68. The van der Waals surface area contributed by atoms with Gasteiger partial charge in [0.15, 0.2) is 0 Å². The molecule has 68 heteroatoms. The van der Waals surface area contributed by atoms with Crippen LogP contribution in [-0.2, 0) is 23.7 Å². The van der Waals surface area contributed by atoms with Gasteiger partial charge in [-0.1, -0.05) is 24.3 Å². The summed E-state index contributed by atoms with van der Waals surface area (Å²) in [5, 5.41) is -27.0. The summed E-state index contributed by atoms with van der Waals surface area (Å²) in [6.45, 7) is 0. The van der Waals surface area contributed by atoms with E-state index in [9.17, 15) is 193 Å². The molecule has 0 radical (unpaired) electrons. The number of rotatable bonds is 28. The van der Waals surface area contributed by atoms with Crippen molar-refractivity contribution in [3.8, 4) is 0 Å². The van der Waals surface area contributed by atoms with E-state index in [2.05, 4.69) is 0 Å². The molecule has 116 heavy (non-hydrogen) atoms. The average molecular weight is 1870 g/mol. The summed E-state index contributed by atoms with van der Waals surface area (Å²) in [4.78, 5) is 0. The van der Waals surface area contributed by atoms with Crippen LogP contribution in [0.25, 0.3) is 32.3 Å². The van der Waals surface area contributed by atoms with Crippen LogP contribution >= 0.6 is 0 Å². The maximum Gasteiger partial charge on any atom is 0.460 e. The van der Waals surface area contributed by atoms with E-state index in [4.69, 9.17) is 0 Å². The molecular weight excluding hydrogens is 1870 g/mol. The summed E-state index contributed by atoms with van der Waals surface area (Å²) in [5.74, 6) is -281. The molecule has 0 aliphatic rings. The molecule has 0 aliphatic heterocycles. The third-order valence-corrected chi connectivity index (χ3v) is 16.1. The molecule has 0 amide bonds. The fraction of sp³-hybridized carbons (Fsp3) is 0.667. The molecule has 0 unspecified atom stereocenters. The lowest BCUT2D eigenvalue weighted by atomic mass is 9.77. The predicted octanol–water partition coefficient (Wildman–Crippen LogP) is 26.4. The fourth-order valence-electron chi connectivity index (χ4n) is 9.36. The van der Waals surface area contributed by atoms with Gasteiger partial charge in [0.2, 0.25) is 0 Å². The zero-order chi connectivity index (χ0) is 94.0. The van der Waals surface area contributed by atoms with Gasteiger partial charge < -0.3 is 0 Å². The van der Waals surface area contributed by atoms with Gasteiger partial charge in [0, 0.05) is 22.3 Å². The highest BCUT2D eigenvalue weighted by Crippen LogP contribution is 2.73. The van der Waals surface area contributed by atoms with Crippen LogP contribution in [0.1, 0.15) is 22.3 Å². The minimum absolute atomic E-state index is 2.27. The summed E-state index contributed by atoms with van der Waals surface area (Å²) >= 11 is 0. The Morgan fingerprint density at radius 3 is 0.293 bits per heavy atom. The summed E-state index contributed by atoms with van der Waals surface area (Å²) in [6.07, 6.45) is -35.4. The van der Waals surface area contributed by atoms with Gasteiger partial charge in [0.25, 0.3) is 0 Å². The Morgan fingerprint density at radius 2 is 0.198 bits per heavy atom. The monoisotopic (exact) mass is 1870 g/mol. The highest BCUT2D eigenvalue weighted by atomic mass is 19.5. The summed E-state index contributed by atoms with van der Waals surface area (Å²) < 4.78 is 994. The second kappa shape index (κ2) is 25.4. The van der Waals surface area contributed by atoms with Crippen molar-refractivity contribution in [1.82, 2.24) is 0 Å². The van der Waals surface area contributed by atoms with Gasteiger partial charge in [0.1, 0.15) is 0 Å². The van der Waals surface area contributed by atoms with E-state index < -0.39 is 282 Å². The third kappa shape index (κ3) is 11.6. The Morgan fingerprint density at radius 1 is 0.112 bits per heavy atom. The van der Waals surface area contributed by atoms with Crippen LogP contribution in [0, 0.1) is 0 Å². The predicted molar refractivity (Wildman–Crippen MR) is 229 cm³/mol. The lowest BCUT2D eigenvalue weighted by Crippen LogP contribution is -2.74. The Hall–Kier alpha value is -6.84. The van der Waals surface area contributed by atoms with E-state index in [1.807, 2.05) is 0 Å². The highest BCUT2D eigenvalue weighted by Gasteiger charge is 3.01. The van der Waals surface area contributed by atoms with Crippen molar-refractivity contribution in [2.75, 3.05) is 0 Å². The lowest BCUT2D eigenvalue weighted by Gasteiger charge is -2.44. The molecule has 0 N–H and O–H groups in total. The summed E-state index contributed by atoms with van der Waals surface area (Å²) in [5.41, 5.74) is -22.5. The Balaban J connectivity index is 2.71. The first kappa shape index (κ1) is 102. The molecule has 0 aliphatic carbocycles. The van der Waals surface area contributed by atoms with Gasteiger partial charge in [-0.15, -0.1) is 0 Å². The molecule has 0 fully saturated rings. The second-order valence-corrected chi connectivity index (χ2v) is 23.1. The van der Waals surface area contributed by atoms with E-state index in [0.29, 0.717) is 0 Å². The molecular formula is C48H6F68. The molecule has 0 bridgehead atoms. The first-order valence-electron chi connectivity index (χ1n) is 26.1. The molecule has 4 aromatic carbocycles. The summed E-state index contributed by atoms with van der Waals surface area (Å²) in [7, 11) is 0. The van der Waals surface area contributed by atoms with Crippen molar-refractivity contribution in [2.24, 2.45) is 0 Å². The molecule has 4 rings (SSSR count). The maximum atomic E-state index is 16.6. The van der Waals surface area contributed by atoms with Crippen LogP contribution in [0.3, 0.4) is 0 Å². The van der Waals surface area contributed by atoms with Crippen LogP contribution < -0.4 is 0 Å². The van der Waals surface area contributed by atoms with Crippen LogP contribution in [0.4, 0.5) is 299 Å². The van der Waals surface area contributed by atoms with Gasteiger partial charge in [-0.05, 0) is 44.5 Å². The van der Waals surface area contributed by atoms with Crippen LogP contribution in [0.15, 0.2) is 36.4 Å². The Bertz CT molecular complexity index is 3800. The number of benzene rings is 4. The normalized spacial score (nSPS) is 17.0. The molecule has 4 aromatic rings. The van der Waals surface area contributed by atoms with E-state index in [1.165, 1.54) is 0 Å². The lowest BCUT2D eigenvalue weighted by molar-refractivity contribution is -0.463. The SMILES string of the molecule is FC(F)(F)C(F)(F)C(F)(F)C(F)(F)C(F)(F)C(F)(F)C(F)(F)C(F)(F)c1cc(C(F)(F)C(F)(F)C(F)(F)C(F)(F)C(F)(F)C(F)(F)C(F)(F)C(F)(F)F)c2ccc3c(C(F)(F)C(F)(F)C(F)(F)C(F)(F)C(F)(F)C(F)(F)C(F)(F)C(F)(F)F)cc(C(F)(F)C(F)(F)C(F)(F)C(F)(F)C(F)(F)C(F)(F)C(F)(F)C(F)(F)F)c4ccc1c2c43. The fourth-order valence-corrected chi connectivity index (χ4v) is 9.36. The zero-order valence-corrected chi connectivity index (χ0v) is 50.2. The first-order valence-corrected chi connectivity index (χ1v) is 26.1. The van der Waals surface area contributed by atoms with Gasteiger partial charge in [-0.3, -0.25) is 0 Å². The van der Waals surface area contributed by atoms with Crippen molar-refractivity contribution in [3.63, 3.8) is 0 Å². The van der Waals surface area contributed by atoms with Crippen LogP contribution in [-0.4, -0.2) is 167 Å². The minimum Gasteiger partial charge on any atom is -0.194 e. The van der Waals surface area contributed by atoms with E-state index in [-0.39, 0.29) is 0 Å². The first-order chi connectivity index (χ1) is 49.4. The van der Waals surface area contributed by atoms with Gasteiger partial charge in [-0.2, -0.15) is 299 Å². The van der Waals surface area contributed by atoms with Crippen LogP contribution in [0.5, 0.6) is 0 Å². The minimum atomic E-state index is -10.5.